The summed E-state index contributed by atoms with van der Waals surface area (Å²) in [7, 11) is 3.05. The molecule has 1 unspecified atom stereocenters. The van der Waals surface area contributed by atoms with Crippen molar-refractivity contribution in [2.24, 2.45) is 0 Å². The van der Waals surface area contributed by atoms with Crippen molar-refractivity contribution in [1.82, 2.24) is 5.32 Å². The van der Waals surface area contributed by atoms with Crippen LogP contribution < -0.4 is 10.1 Å². The zero-order valence-corrected chi connectivity index (χ0v) is 16.5. The molecule has 0 fully saturated rings. The Morgan fingerprint density at radius 1 is 1.11 bits per heavy atom. The minimum atomic E-state index is -0.342. The van der Waals surface area contributed by atoms with E-state index in [1.165, 1.54) is 18.2 Å². The lowest BCUT2D eigenvalue weighted by atomic mass is 9.81. The molecule has 5 nitrogen and oxygen atoms in total. The molecular weight excluding hydrogens is 354 g/mol. The monoisotopic (exact) mass is 381 g/mol. The summed E-state index contributed by atoms with van der Waals surface area (Å²) in [6, 6.07) is 13.5. The molecule has 0 radical (unpaired) electrons. The van der Waals surface area contributed by atoms with Gasteiger partial charge in [-0.2, -0.15) is 0 Å². The second kappa shape index (κ2) is 9.40. The van der Waals surface area contributed by atoms with Gasteiger partial charge in [-0.05, 0) is 72.6 Å². The van der Waals surface area contributed by atoms with Crippen molar-refractivity contribution in [3.05, 3.63) is 64.7 Å². The number of ether oxygens (including phenoxy) is 2. The highest BCUT2D eigenvalue weighted by atomic mass is 16.5. The normalized spacial score (nSPS) is 15.4. The summed E-state index contributed by atoms with van der Waals surface area (Å²) < 4.78 is 10.0. The van der Waals surface area contributed by atoms with Crippen LogP contribution in [0.5, 0.6) is 5.75 Å². The molecule has 1 atom stereocenters. The second-order valence-electron chi connectivity index (χ2n) is 7.15. The maximum absolute atomic E-state index is 12.4. The first-order valence-electron chi connectivity index (χ1n) is 9.71. The highest BCUT2D eigenvalue weighted by Crippen LogP contribution is 2.35. The number of hydrogen-bond donors (Lipinski definition) is 1. The smallest absolute Gasteiger partial charge is 0.337 e. The van der Waals surface area contributed by atoms with Gasteiger partial charge in [-0.1, -0.05) is 18.2 Å². The molecule has 0 saturated heterocycles. The molecule has 1 aliphatic carbocycles. The zero-order chi connectivity index (χ0) is 19.9. The number of nitrogens with one attached hydrogen (secondary N) is 1. The van der Waals surface area contributed by atoms with Crippen molar-refractivity contribution in [3.8, 4) is 5.75 Å². The van der Waals surface area contributed by atoms with Gasteiger partial charge in [0, 0.05) is 13.0 Å². The van der Waals surface area contributed by atoms with Crippen LogP contribution in [0.15, 0.2) is 42.5 Å². The number of fused-ring (bicyclic) bond motifs is 1. The SMILES string of the molecule is COC(=O)c1ccc(CCNC(=O)CC2CCCc3cc(OC)ccc32)cc1. The van der Waals surface area contributed by atoms with E-state index in [2.05, 4.69) is 17.4 Å². The van der Waals surface area contributed by atoms with Gasteiger partial charge in [0.15, 0.2) is 0 Å². The molecule has 28 heavy (non-hydrogen) atoms. The number of carbonyl (C=O) groups is 2. The average molecular weight is 381 g/mol. The van der Waals surface area contributed by atoms with Crippen molar-refractivity contribution in [2.45, 2.75) is 38.0 Å². The molecule has 3 rings (SSSR count). The van der Waals surface area contributed by atoms with Gasteiger partial charge >= 0.3 is 5.97 Å². The summed E-state index contributed by atoms with van der Waals surface area (Å²) >= 11 is 0. The van der Waals surface area contributed by atoms with Crippen LogP contribution in [-0.2, 0) is 22.4 Å². The highest BCUT2D eigenvalue weighted by Gasteiger charge is 2.23. The fraction of sp³-hybridized carbons (Fsp3) is 0.391. The van der Waals surface area contributed by atoms with Gasteiger partial charge in [0.1, 0.15) is 5.75 Å². The molecule has 2 aromatic carbocycles. The average Bonchev–Trinajstić information content (AvgIpc) is 2.73. The van der Waals surface area contributed by atoms with Gasteiger partial charge in [0.2, 0.25) is 5.91 Å². The fourth-order valence-corrected chi connectivity index (χ4v) is 3.80. The third kappa shape index (κ3) is 4.91. The number of esters is 1. The summed E-state index contributed by atoms with van der Waals surface area (Å²) in [6.07, 6.45) is 4.44. The first-order chi connectivity index (χ1) is 13.6. The molecule has 0 aliphatic heterocycles. The Labute approximate surface area is 166 Å². The lowest BCUT2D eigenvalue weighted by molar-refractivity contribution is -0.121. The van der Waals surface area contributed by atoms with Crippen molar-refractivity contribution < 1.29 is 19.1 Å². The predicted octanol–water partition coefficient (Wildman–Crippen LogP) is 3.65. The number of hydrogen-bond acceptors (Lipinski definition) is 4. The van der Waals surface area contributed by atoms with Crippen LogP contribution in [0.2, 0.25) is 0 Å². The minimum absolute atomic E-state index is 0.0832. The third-order valence-corrected chi connectivity index (χ3v) is 5.33. The van der Waals surface area contributed by atoms with Gasteiger partial charge in [-0.15, -0.1) is 0 Å². The molecular formula is C23H27NO4. The van der Waals surface area contributed by atoms with Crippen LogP contribution in [0.25, 0.3) is 0 Å². The van der Waals surface area contributed by atoms with Crippen LogP contribution in [0.1, 0.15) is 52.2 Å². The molecule has 0 bridgehead atoms. The van der Waals surface area contributed by atoms with Gasteiger partial charge < -0.3 is 14.8 Å². The standard InChI is InChI=1S/C23H27NO4/c1-27-20-10-11-21-18(14-20)4-3-5-19(21)15-22(25)24-13-12-16-6-8-17(9-7-16)23(26)28-2/h6-11,14,19H,3-5,12-13,15H2,1-2H3,(H,24,25). The molecule has 2 aromatic rings. The van der Waals surface area contributed by atoms with Crippen molar-refractivity contribution in [1.29, 1.82) is 0 Å². The minimum Gasteiger partial charge on any atom is -0.497 e. The number of rotatable bonds is 7. The molecule has 1 amide bonds. The van der Waals surface area contributed by atoms with E-state index in [-0.39, 0.29) is 17.8 Å². The summed E-state index contributed by atoms with van der Waals surface area (Å²) in [5, 5.41) is 3.03. The number of benzene rings is 2. The molecule has 0 saturated carbocycles. The largest absolute Gasteiger partial charge is 0.497 e. The van der Waals surface area contributed by atoms with Crippen LogP contribution >= 0.6 is 0 Å². The third-order valence-electron chi connectivity index (χ3n) is 5.33. The Bertz CT molecular complexity index is 829. The Kier molecular flexibility index (Phi) is 6.69. The molecule has 148 valence electrons. The number of carbonyl (C=O) groups excluding carboxylic acids is 2. The van der Waals surface area contributed by atoms with E-state index >= 15 is 0 Å². The summed E-state index contributed by atoms with van der Waals surface area (Å²) in [5.41, 5.74) is 4.18. The van der Waals surface area contributed by atoms with E-state index in [9.17, 15) is 9.59 Å². The number of methoxy groups -OCH3 is 2. The van der Waals surface area contributed by atoms with Gasteiger partial charge in [-0.25, -0.2) is 4.79 Å². The van der Waals surface area contributed by atoms with Gasteiger partial charge in [0.05, 0.1) is 19.8 Å². The van der Waals surface area contributed by atoms with Crippen LogP contribution in [0, 0.1) is 0 Å². The molecule has 5 heteroatoms. The second-order valence-corrected chi connectivity index (χ2v) is 7.15. The number of amides is 1. The maximum Gasteiger partial charge on any atom is 0.337 e. The topological polar surface area (TPSA) is 64.6 Å². The van der Waals surface area contributed by atoms with Crippen LogP contribution in [0.4, 0.5) is 0 Å². The van der Waals surface area contributed by atoms with E-state index in [1.54, 1.807) is 19.2 Å². The maximum atomic E-state index is 12.4. The number of aryl methyl sites for hydroxylation is 1. The molecule has 0 heterocycles. The molecule has 1 N–H and O–H groups in total. The van der Waals surface area contributed by atoms with Crippen LogP contribution in [-0.4, -0.2) is 32.6 Å². The molecule has 1 aliphatic rings. The van der Waals surface area contributed by atoms with Crippen molar-refractivity contribution >= 4 is 11.9 Å². The molecule has 0 spiro atoms. The van der Waals surface area contributed by atoms with E-state index in [0.29, 0.717) is 18.5 Å². The van der Waals surface area contributed by atoms with Crippen LogP contribution in [0.3, 0.4) is 0 Å². The van der Waals surface area contributed by atoms with Gasteiger partial charge in [-0.3, -0.25) is 4.79 Å². The van der Waals surface area contributed by atoms with Gasteiger partial charge in [0.25, 0.3) is 0 Å². The Hall–Kier alpha value is -2.82. The van der Waals surface area contributed by atoms with E-state index in [1.807, 2.05) is 18.2 Å². The van der Waals surface area contributed by atoms with Crippen molar-refractivity contribution in [3.63, 3.8) is 0 Å². The fourth-order valence-electron chi connectivity index (χ4n) is 3.80. The summed E-state index contributed by atoms with van der Waals surface area (Å²) in [5.74, 6) is 0.890. The quantitative estimate of drug-likeness (QED) is 0.744. The lowest BCUT2D eigenvalue weighted by Crippen LogP contribution is -2.28. The summed E-state index contributed by atoms with van der Waals surface area (Å²) in [4.78, 5) is 23.9. The Balaban J connectivity index is 1.49. The predicted molar refractivity (Wildman–Crippen MR) is 108 cm³/mol. The van der Waals surface area contributed by atoms with E-state index in [4.69, 9.17) is 9.47 Å². The first-order valence-corrected chi connectivity index (χ1v) is 9.71. The zero-order valence-electron chi connectivity index (χ0n) is 16.5. The van der Waals surface area contributed by atoms with E-state index in [0.717, 1.165) is 37.0 Å². The molecule has 0 aromatic heterocycles. The highest BCUT2D eigenvalue weighted by molar-refractivity contribution is 5.89. The first kappa shape index (κ1) is 19.9. The van der Waals surface area contributed by atoms with E-state index < -0.39 is 0 Å². The summed E-state index contributed by atoms with van der Waals surface area (Å²) in [6.45, 7) is 0.582. The lowest BCUT2D eigenvalue weighted by Gasteiger charge is -2.25. The Morgan fingerprint density at radius 3 is 2.61 bits per heavy atom. The van der Waals surface area contributed by atoms with Crippen molar-refractivity contribution in [2.75, 3.05) is 20.8 Å². The Morgan fingerprint density at radius 2 is 1.89 bits per heavy atom.